The predicted octanol–water partition coefficient (Wildman–Crippen LogP) is 3.36. The molecular weight excluding hydrogens is 421 g/mol. The van der Waals surface area contributed by atoms with Gasteiger partial charge in [-0.2, -0.15) is 0 Å². The predicted molar refractivity (Wildman–Crippen MR) is 79.3 cm³/mol. The second kappa shape index (κ2) is 7.45. The molecule has 0 radical (unpaired) electrons. The Bertz CT molecular complexity index is 367. The van der Waals surface area contributed by atoms with Gasteiger partial charge in [-0.3, -0.25) is 0 Å². The number of hydrogen-bond donors (Lipinski definition) is 0. The second-order valence-corrected chi connectivity index (χ2v) is 18.1. The van der Waals surface area contributed by atoms with Gasteiger partial charge in [0.1, 0.15) is 0 Å². The Hall–Kier alpha value is -0.137. The first kappa shape index (κ1) is 15.9. The average molecular weight is 446 g/mol. The minimum absolute atomic E-state index is 0.692. The molecule has 0 fully saturated rings. The van der Waals surface area contributed by atoms with Crippen molar-refractivity contribution in [3.05, 3.63) is 23.8 Å². The van der Waals surface area contributed by atoms with Gasteiger partial charge < -0.3 is 0 Å². The van der Waals surface area contributed by atoms with Crippen molar-refractivity contribution in [3.63, 3.8) is 0 Å². The van der Waals surface area contributed by atoms with Crippen molar-refractivity contribution in [1.29, 1.82) is 0 Å². The average Bonchev–Trinajstić information content (AvgIpc) is 2.30. The van der Waals surface area contributed by atoms with Gasteiger partial charge in [-0.15, -0.1) is 0 Å². The molecule has 0 aliphatic carbocycles. The number of hydrogen-bond acceptors (Lipinski definition) is 2. The van der Waals surface area contributed by atoms with Crippen molar-refractivity contribution in [3.8, 4) is 5.75 Å². The molecule has 102 valence electrons. The van der Waals surface area contributed by atoms with Crippen LogP contribution in [0.1, 0.15) is 33.3 Å². The zero-order valence-corrected chi connectivity index (χ0v) is 15.8. The van der Waals surface area contributed by atoms with E-state index in [9.17, 15) is 0 Å². The molecule has 0 saturated heterocycles. The molecule has 0 N–H and O–H groups in total. The molecule has 1 aromatic rings. The molecular formula is C15H25BiO2. The minimum atomic E-state index is -1.69. The van der Waals surface area contributed by atoms with Crippen molar-refractivity contribution < 1.29 is 9.47 Å². The Labute approximate surface area is 119 Å². The van der Waals surface area contributed by atoms with Crippen LogP contribution in [0.4, 0.5) is 0 Å². The third-order valence-corrected chi connectivity index (χ3v) is 15.5. The van der Waals surface area contributed by atoms with Gasteiger partial charge in [-0.25, -0.2) is 0 Å². The quantitative estimate of drug-likeness (QED) is 0.625. The van der Waals surface area contributed by atoms with Gasteiger partial charge in [0.05, 0.1) is 0 Å². The van der Waals surface area contributed by atoms with Crippen LogP contribution in [0.5, 0.6) is 5.75 Å². The van der Waals surface area contributed by atoms with Crippen molar-refractivity contribution in [1.82, 2.24) is 0 Å². The van der Waals surface area contributed by atoms with E-state index in [1.807, 2.05) is 0 Å². The molecule has 1 rings (SSSR count). The van der Waals surface area contributed by atoms with Crippen LogP contribution in [0.3, 0.4) is 0 Å². The van der Waals surface area contributed by atoms with Crippen LogP contribution in [0.25, 0.3) is 0 Å². The first-order chi connectivity index (χ1) is 8.51. The van der Waals surface area contributed by atoms with Crippen molar-refractivity contribution >= 4 is 25.0 Å². The Balaban J connectivity index is 3.19. The van der Waals surface area contributed by atoms with Gasteiger partial charge in [0.15, 0.2) is 0 Å². The zero-order chi connectivity index (χ0) is 13.7. The molecule has 0 atom stereocenters. The number of methoxy groups -OCH3 is 2. The Morgan fingerprint density at radius 3 is 2.11 bits per heavy atom. The van der Waals surface area contributed by atoms with Crippen LogP contribution >= 0.6 is 0 Å². The van der Waals surface area contributed by atoms with Gasteiger partial charge in [0, 0.05) is 0 Å². The third kappa shape index (κ3) is 3.93. The molecule has 0 amide bonds. The normalized spacial score (nSPS) is 11.6. The van der Waals surface area contributed by atoms with Gasteiger partial charge in [0.2, 0.25) is 0 Å². The molecule has 0 bridgehead atoms. The molecule has 0 spiro atoms. The number of rotatable bonds is 6. The molecule has 0 saturated carbocycles. The maximum atomic E-state index is 5.35. The van der Waals surface area contributed by atoms with Crippen molar-refractivity contribution in [2.45, 2.75) is 41.6 Å². The topological polar surface area (TPSA) is 18.5 Å². The van der Waals surface area contributed by atoms with E-state index in [0.717, 1.165) is 13.0 Å². The summed E-state index contributed by atoms with van der Waals surface area (Å²) in [7, 11) is 3.48. The van der Waals surface area contributed by atoms with E-state index in [4.69, 9.17) is 9.47 Å². The molecule has 3 heteroatoms. The van der Waals surface area contributed by atoms with Crippen LogP contribution in [0.15, 0.2) is 18.2 Å². The fraction of sp³-hybridized carbons (Fsp3) is 0.600. The van der Waals surface area contributed by atoms with Gasteiger partial charge >= 0.3 is 120 Å². The summed E-state index contributed by atoms with van der Waals surface area (Å²) in [4.78, 5) is 0. The van der Waals surface area contributed by atoms with Crippen molar-refractivity contribution in [2.24, 2.45) is 0 Å². The summed E-state index contributed by atoms with van der Waals surface area (Å²) >= 11 is -1.69. The standard InChI is InChI=1S/C9H11O2.2C3H7.Bi/c1-10-7-8-4-3-5-9(6-8)11-2;2*1-3-2;/h3,5-6H,7H2,1-2H3;2*3H,1-2H3;. The summed E-state index contributed by atoms with van der Waals surface area (Å²) in [5.74, 6) is 0.933. The van der Waals surface area contributed by atoms with Gasteiger partial charge in [0.25, 0.3) is 0 Å². The van der Waals surface area contributed by atoms with E-state index in [2.05, 4.69) is 45.9 Å². The number of ether oxygens (including phenoxy) is 2. The molecule has 0 unspecified atom stereocenters. The maximum absolute atomic E-state index is 5.35. The summed E-state index contributed by atoms with van der Waals surface area (Å²) in [5.41, 5.74) is 1.33. The first-order valence-electron chi connectivity index (χ1n) is 6.45. The summed E-state index contributed by atoms with van der Waals surface area (Å²) < 4.78 is 13.9. The van der Waals surface area contributed by atoms with E-state index >= 15 is 0 Å². The molecule has 1 aromatic carbocycles. The van der Waals surface area contributed by atoms with E-state index < -0.39 is 21.8 Å². The fourth-order valence-electron chi connectivity index (χ4n) is 2.36. The van der Waals surface area contributed by atoms with E-state index in [-0.39, 0.29) is 0 Å². The Kier molecular flexibility index (Phi) is 6.59. The second-order valence-electron chi connectivity index (χ2n) is 5.02. The van der Waals surface area contributed by atoms with Crippen molar-refractivity contribution in [2.75, 3.05) is 14.2 Å². The summed E-state index contributed by atoms with van der Waals surface area (Å²) in [6, 6.07) is 6.53. The molecule has 0 aliphatic rings. The first-order valence-corrected chi connectivity index (χ1v) is 12.2. The molecule has 0 aromatic heterocycles. The van der Waals surface area contributed by atoms with Gasteiger partial charge in [-0.05, 0) is 0 Å². The fourth-order valence-corrected chi connectivity index (χ4v) is 14.1. The Morgan fingerprint density at radius 1 is 1.06 bits per heavy atom. The third-order valence-electron chi connectivity index (χ3n) is 2.98. The molecule has 2 nitrogen and oxygen atoms in total. The monoisotopic (exact) mass is 446 g/mol. The van der Waals surface area contributed by atoms with Crippen LogP contribution in [0.2, 0.25) is 7.25 Å². The Morgan fingerprint density at radius 2 is 1.67 bits per heavy atom. The zero-order valence-electron chi connectivity index (χ0n) is 12.4. The molecule has 0 aliphatic heterocycles. The van der Waals surface area contributed by atoms with Crippen LogP contribution in [-0.4, -0.2) is 36.0 Å². The van der Waals surface area contributed by atoms with E-state index in [1.165, 1.54) is 5.56 Å². The molecule has 18 heavy (non-hydrogen) atoms. The summed E-state index contributed by atoms with van der Waals surface area (Å²) in [5, 5.41) is 0. The van der Waals surface area contributed by atoms with E-state index in [1.54, 1.807) is 17.5 Å². The van der Waals surface area contributed by atoms with Crippen LogP contribution < -0.4 is 8.01 Å². The van der Waals surface area contributed by atoms with Gasteiger partial charge in [-0.1, -0.05) is 0 Å². The van der Waals surface area contributed by atoms with Crippen LogP contribution in [0, 0.1) is 0 Å². The van der Waals surface area contributed by atoms with E-state index in [0.29, 0.717) is 6.61 Å². The SMILES string of the molecule is COCc1cc(OC)cc[c]1[Bi]([CH](C)C)[CH](C)C. The summed E-state index contributed by atoms with van der Waals surface area (Å²) in [6.07, 6.45) is 0. The number of benzene rings is 1. The van der Waals surface area contributed by atoms with Crippen LogP contribution in [-0.2, 0) is 11.3 Å². The summed E-state index contributed by atoms with van der Waals surface area (Å²) in [6.45, 7) is 10.2. The molecule has 0 heterocycles.